The van der Waals surface area contributed by atoms with Crippen LogP contribution in [0.3, 0.4) is 0 Å². The molecule has 1 aromatic carbocycles. The molecule has 0 saturated carbocycles. The van der Waals surface area contributed by atoms with Crippen LogP contribution in [0.2, 0.25) is 0 Å². The second-order valence-corrected chi connectivity index (χ2v) is 5.46. The van der Waals surface area contributed by atoms with E-state index in [2.05, 4.69) is 21.2 Å². The first-order valence-electron chi connectivity index (χ1n) is 5.88. The third kappa shape index (κ3) is 3.33. The highest BCUT2D eigenvalue weighted by Crippen LogP contribution is 2.19. The molecule has 1 unspecified atom stereocenters. The fourth-order valence-corrected chi connectivity index (χ4v) is 2.25. The molecule has 1 heterocycles. The summed E-state index contributed by atoms with van der Waals surface area (Å²) in [7, 11) is 0. The van der Waals surface area contributed by atoms with Crippen LogP contribution < -0.4 is 5.32 Å². The van der Waals surface area contributed by atoms with Crippen molar-refractivity contribution in [2.24, 2.45) is 0 Å². The van der Waals surface area contributed by atoms with Gasteiger partial charge in [-0.1, -0.05) is 28.1 Å². The summed E-state index contributed by atoms with van der Waals surface area (Å²) in [6.45, 7) is 0.374. The monoisotopic (exact) mass is 327 g/mol. The Morgan fingerprint density at radius 1 is 1.37 bits per heavy atom. The van der Waals surface area contributed by atoms with Gasteiger partial charge in [0.2, 0.25) is 5.91 Å². The minimum atomic E-state index is -1.27. The zero-order valence-corrected chi connectivity index (χ0v) is 11.8. The highest BCUT2D eigenvalue weighted by atomic mass is 79.9. The number of carbonyl (C=O) groups is 2. The van der Waals surface area contributed by atoms with Crippen LogP contribution in [-0.4, -0.2) is 35.7 Å². The molecule has 1 aliphatic rings. The third-order valence-electron chi connectivity index (χ3n) is 3.09. The maximum Gasteiger partial charge on any atom is 0.331 e. The van der Waals surface area contributed by atoms with Gasteiger partial charge in [0, 0.05) is 17.5 Å². The summed E-state index contributed by atoms with van der Waals surface area (Å²) < 4.78 is 6.02. The highest BCUT2D eigenvalue weighted by molar-refractivity contribution is 9.10. The third-order valence-corrected chi connectivity index (χ3v) is 3.62. The van der Waals surface area contributed by atoms with Crippen molar-refractivity contribution in [2.45, 2.75) is 18.4 Å². The van der Waals surface area contributed by atoms with Gasteiger partial charge in [0.05, 0.1) is 13.0 Å². The molecular weight excluding hydrogens is 314 g/mol. The maximum absolute atomic E-state index is 11.9. The number of aliphatic carboxylic acids is 1. The topological polar surface area (TPSA) is 75.6 Å². The first kappa shape index (κ1) is 14.0. The van der Waals surface area contributed by atoms with Gasteiger partial charge in [-0.2, -0.15) is 0 Å². The lowest BCUT2D eigenvalue weighted by Gasteiger charge is -2.23. The summed E-state index contributed by atoms with van der Waals surface area (Å²) in [5.41, 5.74) is -0.438. The quantitative estimate of drug-likeness (QED) is 0.875. The molecule has 0 bridgehead atoms. The number of carbonyl (C=O) groups excluding carboxylic acids is 1. The van der Waals surface area contributed by atoms with Crippen molar-refractivity contribution < 1.29 is 19.4 Å². The Balaban J connectivity index is 2.00. The zero-order chi connectivity index (χ0) is 13.9. The summed E-state index contributed by atoms with van der Waals surface area (Å²) in [5, 5.41) is 11.8. The van der Waals surface area contributed by atoms with Crippen LogP contribution in [0.4, 0.5) is 0 Å². The molecule has 1 atom stereocenters. The largest absolute Gasteiger partial charge is 0.479 e. The van der Waals surface area contributed by atoms with E-state index in [4.69, 9.17) is 4.74 Å². The predicted octanol–water partition coefficient (Wildman–Crippen LogP) is 1.35. The van der Waals surface area contributed by atoms with E-state index < -0.39 is 11.5 Å². The Morgan fingerprint density at radius 3 is 2.58 bits per heavy atom. The Bertz CT molecular complexity index is 480. The molecule has 1 saturated heterocycles. The number of halogens is 1. The molecule has 2 rings (SSSR count). The van der Waals surface area contributed by atoms with Crippen molar-refractivity contribution in [3.63, 3.8) is 0 Å². The number of carboxylic acid groups (broad SMARTS) is 1. The summed E-state index contributed by atoms with van der Waals surface area (Å²) in [4.78, 5) is 23.2. The minimum absolute atomic E-state index is 0.0222. The first-order chi connectivity index (χ1) is 9.02. The molecule has 19 heavy (non-hydrogen) atoms. The van der Waals surface area contributed by atoms with Crippen LogP contribution in [0.5, 0.6) is 0 Å². The number of amides is 1. The van der Waals surface area contributed by atoms with Crippen LogP contribution in [0, 0.1) is 0 Å². The van der Waals surface area contributed by atoms with Gasteiger partial charge in [-0.05, 0) is 17.7 Å². The van der Waals surface area contributed by atoms with E-state index in [1.807, 2.05) is 24.3 Å². The first-order valence-corrected chi connectivity index (χ1v) is 6.68. The Labute approximate surface area is 119 Å². The molecule has 0 radical (unpaired) electrons. The number of benzene rings is 1. The normalized spacial score (nSPS) is 22.2. The SMILES string of the molecule is O=C(Cc1ccc(Br)cc1)NC1(C(=O)O)CCOC1. The van der Waals surface area contributed by atoms with E-state index in [9.17, 15) is 14.7 Å². The average molecular weight is 328 g/mol. The van der Waals surface area contributed by atoms with Gasteiger partial charge in [0.25, 0.3) is 0 Å². The lowest BCUT2D eigenvalue weighted by atomic mass is 9.98. The van der Waals surface area contributed by atoms with Gasteiger partial charge in [0.1, 0.15) is 0 Å². The van der Waals surface area contributed by atoms with Gasteiger partial charge in [-0.3, -0.25) is 4.79 Å². The summed E-state index contributed by atoms with van der Waals surface area (Å²) >= 11 is 3.32. The highest BCUT2D eigenvalue weighted by Gasteiger charge is 2.43. The Hall–Kier alpha value is -1.40. The van der Waals surface area contributed by atoms with Crippen LogP contribution >= 0.6 is 15.9 Å². The molecule has 5 nitrogen and oxygen atoms in total. The van der Waals surface area contributed by atoms with Crippen LogP contribution in [0.25, 0.3) is 0 Å². The molecule has 2 N–H and O–H groups in total. The fraction of sp³-hybridized carbons (Fsp3) is 0.385. The summed E-state index contributed by atoms with van der Waals surface area (Å²) in [5.74, 6) is -1.36. The van der Waals surface area contributed by atoms with Crippen molar-refractivity contribution in [1.29, 1.82) is 0 Å². The molecule has 0 aliphatic carbocycles. The van der Waals surface area contributed by atoms with E-state index in [0.717, 1.165) is 10.0 Å². The number of carboxylic acids is 1. The van der Waals surface area contributed by atoms with E-state index in [1.54, 1.807) is 0 Å². The summed E-state index contributed by atoms with van der Waals surface area (Å²) in [6, 6.07) is 7.33. The van der Waals surface area contributed by atoms with E-state index in [-0.39, 0.29) is 18.9 Å². The predicted molar refractivity (Wildman–Crippen MR) is 71.8 cm³/mol. The number of nitrogens with one attached hydrogen (secondary N) is 1. The Morgan fingerprint density at radius 2 is 2.05 bits per heavy atom. The molecule has 0 spiro atoms. The lowest BCUT2D eigenvalue weighted by molar-refractivity contribution is -0.147. The summed E-state index contributed by atoms with van der Waals surface area (Å²) in [6.07, 6.45) is 0.455. The van der Waals surface area contributed by atoms with Gasteiger partial charge in [-0.15, -0.1) is 0 Å². The lowest BCUT2D eigenvalue weighted by Crippen LogP contribution is -2.55. The van der Waals surface area contributed by atoms with Gasteiger partial charge in [0.15, 0.2) is 5.54 Å². The second kappa shape index (κ2) is 5.71. The van der Waals surface area contributed by atoms with Crippen LogP contribution in [-0.2, 0) is 20.7 Å². The van der Waals surface area contributed by atoms with Crippen molar-refractivity contribution in [2.75, 3.05) is 13.2 Å². The van der Waals surface area contributed by atoms with E-state index in [1.165, 1.54) is 0 Å². The fourth-order valence-electron chi connectivity index (χ4n) is 1.98. The number of hydrogen-bond donors (Lipinski definition) is 2. The molecule has 6 heteroatoms. The van der Waals surface area contributed by atoms with Crippen molar-refractivity contribution in [3.05, 3.63) is 34.3 Å². The zero-order valence-electron chi connectivity index (χ0n) is 10.2. The molecule has 1 aliphatic heterocycles. The van der Waals surface area contributed by atoms with Gasteiger partial charge >= 0.3 is 5.97 Å². The second-order valence-electron chi connectivity index (χ2n) is 4.54. The smallest absolute Gasteiger partial charge is 0.331 e. The van der Waals surface area contributed by atoms with Gasteiger partial charge < -0.3 is 15.2 Å². The molecular formula is C13H14BrNO4. The minimum Gasteiger partial charge on any atom is -0.479 e. The van der Waals surface area contributed by atoms with E-state index >= 15 is 0 Å². The maximum atomic E-state index is 11.9. The van der Waals surface area contributed by atoms with Crippen molar-refractivity contribution in [3.8, 4) is 0 Å². The van der Waals surface area contributed by atoms with Crippen LogP contribution in [0.1, 0.15) is 12.0 Å². The average Bonchev–Trinajstić information content (AvgIpc) is 2.82. The number of hydrogen-bond acceptors (Lipinski definition) is 3. The van der Waals surface area contributed by atoms with Crippen molar-refractivity contribution >= 4 is 27.8 Å². The Kier molecular flexibility index (Phi) is 4.21. The van der Waals surface area contributed by atoms with Crippen molar-refractivity contribution in [1.82, 2.24) is 5.32 Å². The molecule has 0 aromatic heterocycles. The number of ether oxygens (including phenoxy) is 1. The van der Waals surface area contributed by atoms with Crippen LogP contribution in [0.15, 0.2) is 28.7 Å². The standard InChI is InChI=1S/C13H14BrNO4/c14-10-3-1-9(2-4-10)7-11(16)15-13(12(17)18)5-6-19-8-13/h1-4H,5-8H2,(H,15,16)(H,17,18). The molecule has 1 amide bonds. The van der Waals surface area contributed by atoms with E-state index in [0.29, 0.717) is 13.0 Å². The van der Waals surface area contributed by atoms with Gasteiger partial charge in [-0.25, -0.2) is 4.79 Å². The number of rotatable bonds is 4. The molecule has 1 aromatic rings. The molecule has 1 fully saturated rings. The molecule has 102 valence electrons.